The van der Waals surface area contributed by atoms with Gasteiger partial charge in [-0.05, 0) is 52.9 Å². The van der Waals surface area contributed by atoms with Crippen LogP contribution in [-0.2, 0) is 0 Å². The maximum Gasteiger partial charge on any atom is 0.135 e. The van der Waals surface area contributed by atoms with E-state index >= 15 is 0 Å². The molecule has 2 heterocycles. The predicted molar refractivity (Wildman–Crippen MR) is 149 cm³/mol. The molecule has 0 N–H and O–H groups in total. The molecule has 1 aliphatic heterocycles. The Morgan fingerprint density at radius 3 is 2.08 bits per heavy atom. The lowest BCUT2D eigenvalue weighted by Crippen LogP contribution is -1.99. The predicted octanol–water partition coefficient (Wildman–Crippen LogP) is 9.38. The van der Waals surface area contributed by atoms with Gasteiger partial charge in [0.05, 0.1) is 30.4 Å². The minimum atomic E-state index is -0.449. The average molecular weight is 470 g/mol. The standard InChI is InChI=1S/C34H21NO/c1-4-15-29(35-30-16-5-2-12-25(30)26-13-3-6-17-31(26)35)24(11-1)23-19-20-32-28(21-23)27-14-7-9-22-10-8-18-33(36-32)34(22)27/h1-21H/i1D,4D,7D,8D,9D,10D,11D,14D,15D,18D. The van der Waals surface area contributed by atoms with E-state index in [1.54, 1.807) is 18.2 Å². The summed E-state index contributed by atoms with van der Waals surface area (Å²) in [6.45, 7) is 0. The molecule has 1 aliphatic rings. The molecule has 0 saturated carbocycles. The van der Waals surface area contributed by atoms with Crippen molar-refractivity contribution in [2.45, 2.75) is 0 Å². The number of benzene rings is 6. The highest BCUT2D eigenvalue weighted by molar-refractivity contribution is 6.10. The highest BCUT2D eigenvalue weighted by Gasteiger charge is 2.21. The van der Waals surface area contributed by atoms with Crippen LogP contribution in [-0.4, -0.2) is 4.57 Å². The number of nitrogens with zero attached hydrogens (tertiary/aromatic N) is 1. The number of ether oxygens (including phenoxy) is 1. The van der Waals surface area contributed by atoms with Crippen molar-refractivity contribution < 1.29 is 18.4 Å². The number of hydrogen-bond acceptors (Lipinski definition) is 1. The zero-order valence-electron chi connectivity index (χ0n) is 28.7. The summed E-state index contributed by atoms with van der Waals surface area (Å²) >= 11 is 0. The van der Waals surface area contributed by atoms with E-state index in [4.69, 9.17) is 18.4 Å². The third-order valence-corrected chi connectivity index (χ3v) is 6.69. The molecule has 1 aromatic heterocycles. The molecule has 36 heavy (non-hydrogen) atoms. The SMILES string of the molecule is [2H]c1c([2H])c([2H])c(-n2c3ccccc3c3ccccc32)c(-c2ccc3c(c2)-c2c([2H])c([2H])c([2H])c4c([2H])c([2H])c([2H])c(c24)O3)c1[2H]. The molecule has 168 valence electrons. The molecule has 0 unspecified atom stereocenters. The maximum absolute atomic E-state index is 9.11. The molecule has 2 heteroatoms. The van der Waals surface area contributed by atoms with Crippen molar-refractivity contribution >= 4 is 32.6 Å². The van der Waals surface area contributed by atoms with Crippen LogP contribution in [0.3, 0.4) is 0 Å². The van der Waals surface area contributed by atoms with Gasteiger partial charge in [0.1, 0.15) is 11.5 Å². The molecular weight excluding hydrogens is 438 g/mol. The Hall–Kier alpha value is -4.82. The summed E-state index contributed by atoms with van der Waals surface area (Å²) in [5.41, 5.74) is 2.81. The van der Waals surface area contributed by atoms with Gasteiger partial charge in [0.2, 0.25) is 0 Å². The fourth-order valence-electron chi connectivity index (χ4n) is 5.14. The Labute approximate surface area is 222 Å². The molecule has 0 saturated heterocycles. The fourth-order valence-corrected chi connectivity index (χ4v) is 5.14. The van der Waals surface area contributed by atoms with Gasteiger partial charge in [0.25, 0.3) is 0 Å². The largest absolute Gasteiger partial charge is 0.456 e. The van der Waals surface area contributed by atoms with Crippen molar-refractivity contribution in [2.24, 2.45) is 0 Å². The van der Waals surface area contributed by atoms with E-state index in [1.807, 2.05) is 53.1 Å². The Morgan fingerprint density at radius 2 is 1.28 bits per heavy atom. The van der Waals surface area contributed by atoms with Crippen LogP contribution in [0.2, 0.25) is 0 Å². The van der Waals surface area contributed by atoms with Crippen LogP contribution in [0, 0.1) is 0 Å². The number of hydrogen-bond donors (Lipinski definition) is 0. The number of para-hydroxylation sites is 3. The summed E-state index contributed by atoms with van der Waals surface area (Å²) in [6.07, 6.45) is 0. The topological polar surface area (TPSA) is 14.2 Å². The Kier molecular flexibility index (Phi) is 2.49. The molecule has 8 rings (SSSR count). The second kappa shape index (κ2) is 7.34. The van der Waals surface area contributed by atoms with Crippen molar-refractivity contribution in [1.82, 2.24) is 4.57 Å². The molecule has 0 amide bonds. The van der Waals surface area contributed by atoms with Crippen LogP contribution < -0.4 is 4.74 Å². The maximum atomic E-state index is 9.11. The minimum absolute atomic E-state index is 0.0596. The van der Waals surface area contributed by atoms with Crippen molar-refractivity contribution in [3.05, 3.63) is 127 Å². The molecule has 0 bridgehead atoms. The van der Waals surface area contributed by atoms with Gasteiger partial charge >= 0.3 is 0 Å². The van der Waals surface area contributed by atoms with Crippen molar-refractivity contribution in [1.29, 1.82) is 0 Å². The monoisotopic (exact) mass is 469 g/mol. The van der Waals surface area contributed by atoms with Crippen LogP contribution in [0.15, 0.2) is 127 Å². The van der Waals surface area contributed by atoms with Crippen LogP contribution >= 0.6 is 0 Å². The molecule has 7 aromatic rings. The van der Waals surface area contributed by atoms with Crippen molar-refractivity contribution in [3.8, 4) is 39.4 Å². The summed E-state index contributed by atoms with van der Waals surface area (Å²) in [6, 6.07) is 16.5. The van der Waals surface area contributed by atoms with E-state index in [2.05, 4.69) is 0 Å². The van der Waals surface area contributed by atoms with E-state index in [9.17, 15) is 0 Å². The first-order chi connectivity index (χ1) is 22.0. The molecule has 0 radical (unpaired) electrons. The summed E-state index contributed by atoms with van der Waals surface area (Å²) in [5.74, 6) is 0.147. The summed E-state index contributed by atoms with van der Waals surface area (Å²) in [4.78, 5) is 0. The summed E-state index contributed by atoms with van der Waals surface area (Å²) < 4.78 is 94.5. The Balaban J connectivity index is 1.50. The van der Waals surface area contributed by atoms with Gasteiger partial charge < -0.3 is 9.30 Å². The fraction of sp³-hybridized carbons (Fsp3) is 0. The quantitative estimate of drug-likeness (QED) is 0.246. The molecule has 0 aliphatic carbocycles. The van der Waals surface area contributed by atoms with Crippen LogP contribution in [0.5, 0.6) is 11.5 Å². The third-order valence-electron chi connectivity index (χ3n) is 6.69. The minimum Gasteiger partial charge on any atom is -0.456 e. The lowest BCUT2D eigenvalue weighted by molar-refractivity contribution is 0.487. The third kappa shape index (κ3) is 2.67. The average Bonchev–Trinajstić information content (AvgIpc) is 3.39. The number of fused-ring (bicyclic) bond motifs is 5. The van der Waals surface area contributed by atoms with E-state index in [0.717, 1.165) is 21.8 Å². The zero-order chi connectivity index (χ0) is 32.3. The highest BCUT2D eigenvalue weighted by Crippen LogP contribution is 2.48. The van der Waals surface area contributed by atoms with Gasteiger partial charge in [-0.3, -0.25) is 0 Å². The van der Waals surface area contributed by atoms with Crippen molar-refractivity contribution in [3.63, 3.8) is 0 Å². The zero-order valence-corrected chi connectivity index (χ0v) is 18.7. The summed E-state index contributed by atoms with van der Waals surface area (Å²) in [5, 5.41) is 1.89. The molecule has 0 atom stereocenters. The lowest BCUT2D eigenvalue weighted by atomic mass is 9.92. The number of rotatable bonds is 2. The first-order valence-electron chi connectivity index (χ1n) is 16.5. The normalized spacial score (nSPS) is 16.0. The smallest absolute Gasteiger partial charge is 0.135 e. The van der Waals surface area contributed by atoms with Crippen molar-refractivity contribution in [2.75, 3.05) is 0 Å². The second-order valence-electron chi connectivity index (χ2n) is 8.61. The van der Waals surface area contributed by atoms with Gasteiger partial charge in [0.15, 0.2) is 0 Å². The van der Waals surface area contributed by atoms with E-state index < -0.39 is 36.3 Å². The molecule has 0 spiro atoms. The van der Waals surface area contributed by atoms with Gasteiger partial charge in [-0.1, -0.05) is 90.8 Å². The van der Waals surface area contributed by atoms with E-state index in [1.165, 1.54) is 0 Å². The Bertz CT molecular complexity index is 2460. The van der Waals surface area contributed by atoms with Crippen LogP contribution in [0.25, 0.3) is 60.5 Å². The molecule has 6 aromatic carbocycles. The van der Waals surface area contributed by atoms with E-state index in [0.29, 0.717) is 11.1 Å². The first-order valence-corrected chi connectivity index (χ1v) is 11.5. The molecule has 0 fully saturated rings. The first kappa shape index (κ1) is 12.2. The molecular formula is C34H21NO. The highest BCUT2D eigenvalue weighted by atomic mass is 16.5. The Morgan fingerprint density at radius 1 is 0.583 bits per heavy atom. The second-order valence-corrected chi connectivity index (χ2v) is 8.61. The number of aromatic nitrogens is 1. The molecule has 2 nitrogen and oxygen atoms in total. The van der Waals surface area contributed by atoms with Gasteiger partial charge in [0, 0.05) is 27.3 Å². The van der Waals surface area contributed by atoms with Crippen LogP contribution in [0.1, 0.15) is 13.7 Å². The lowest BCUT2D eigenvalue weighted by Gasteiger charge is -2.22. The van der Waals surface area contributed by atoms with Gasteiger partial charge in [-0.25, -0.2) is 0 Å². The van der Waals surface area contributed by atoms with Gasteiger partial charge in [-0.2, -0.15) is 0 Å². The van der Waals surface area contributed by atoms with E-state index in [-0.39, 0.29) is 63.3 Å². The summed E-state index contributed by atoms with van der Waals surface area (Å²) in [7, 11) is 0. The van der Waals surface area contributed by atoms with Crippen LogP contribution in [0.4, 0.5) is 0 Å². The van der Waals surface area contributed by atoms with Gasteiger partial charge in [-0.15, -0.1) is 0 Å².